The number of nitrogen functional groups attached to an aromatic ring is 1. The average molecular weight is 315 g/mol. The maximum Gasteiger partial charge on any atom is 0.264 e. The molecule has 3 nitrogen and oxygen atoms in total. The molecule has 0 saturated carbocycles. The van der Waals surface area contributed by atoms with Crippen molar-refractivity contribution in [3.05, 3.63) is 69.4 Å². The summed E-state index contributed by atoms with van der Waals surface area (Å²) in [5, 5.41) is 1.53. The third-order valence-electron chi connectivity index (χ3n) is 3.04. The van der Waals surface area contributed by atoms with Crippen LogP contribution >= 0.6 is 15.9 Å². The van der Waals surface area contributed by atoms with Crippen LogP contribution in [0.5, 0.6) is 0 Å². The summed E-state index contributed by atoms with van der Waals surface area (Å²) in [6.45, 7) is 0. The first kappa shape index (κ1) is 12.0. The lowest BCUT2D eigenvalue weighted by Crippen LogP contribution is -2.21. The summed E-state index contributed by atoms with van der Waals surface area (Å²) in [5.41, 5.74) is 6.67. The van der Waals surface area contributed by atoms with Crippen molar-refractivity contribution >= 4 is 32.5 Å². The molecule has 19 heavy (non-hydrogen) atoms. The Morgan fingerprint density at radius 3 is 2.42 bits per heavy atom. The molecule has 0 saturated heterocycles. The molecular formula is C15H11BrN2O. The molecule has 0 aliphatic carbocycles. The molecule has 0 spiro atoms. The van der Waals surface area contributed by atoms with Gasteiger partial charge in [0.15, 0.2) is 0 Å². The van der Waals surface area contributed by atoms with Gasteiger partial charge in [-0.25, -0.2) is 0 Å². The monoisotopic (exact) mass is 314 g/mol. The molecule has 1 heterocycles. The van der Waals surface area contributed by atoms with E-state index in [0.717, 1.165) is 15.5 Å². The van der Waals surface area contributed by atoms with Crippen LogP contribution in [0.3, 0.4) is 0 Å². The van der Waals surface area contributed by atoms with E-state index in [0.29, 0.717) is 11.2 Å². The van der Waals surface area contributed by atoms with Crippen molar-refractivity contribution in [2.45, 2.75) is 0 Å². The van der Waals surface area contributed by atoms with Crippen molar-refractivity contribution in [3.63, 3.8) is 0 Å². The molecule has 2 N–H and O–H groups in total. The van der Waals surface area contributed by atoms with Crippen LogP contribution in [-0.2, 0) is 0 Å². The number of anilines is 1. The zero-order valence-electron chi connectivity index (χ0n) is 10.0. The molecule has 94 valence electrons. The Morgan fingerprint density at radius 2 is 1.68 bits per heavy atom. The summed E-state index contributed by atoms with van der Waals surface area (Å²) in [7, 11) is 0. The van der Waals surface area contributed by atoms with Crippen molar-refractivity contribution in [2.24, 2.45) is 0 Å². The first-order valence-electron chi connectivity index (χ1n) is 5.83. The zero-order chi connectivity index (χ0) is 13.4. The maximum atomic E-state index is 12.5. The lowest BCUT2D eigenvalue weighted by molar-refractivity contribution is 1.02. The van der Waals surface area contributed by atoms with Gasteiger partial charge in [-0.15, -0.1) is 0 Å². The van der Waals surface area contributed by atoms with Gasteiger partial charge >= 0.3 is 0 Å². The third kappa shape index (κ3) is 2.04. The number of benzene rings is 2. The summed E-state index contributed by atoms with van der Waals surface area (Å²) in [6.07, 6.45) is 0. The van der Waals surface area contributed by atoms with Crippen molar-refractivity contribution in [2.75, 3.05) is 5.73 Å². The van der Waals surface area contributed by atoms with E-state index < -0.39 is 0 Å². The maximum absolute atomic E-state index is 12.5. The molecule has 0 aliphatic rings. The Kier molecular flexibility index (Phi) is 2.87. The lowest BCUT2D eigenvalue weighted by atomic mass is 10.1. The minimum atomic E-state index is -0.0991. The molecule has 1 aromatic heterocycles. The number of nitrogens with two attached hydrogens (primary N) is 1. The predicted molar refractivity (Wildman–Crippen MR) is 81.7 cm³/mol. The second-order valence-corrected chi connectivity index (χ2v) is 5.19. The van der Waals surface area contributed by atoms with E-state index in [4.69, 9.17) is 5.73 Å². The summed E-state index contributed by atoms with van der Waals surface area (Å²) in [5.74, 6) is 0.436. The molecule has 3 rings (SSSR count). The smallest absolute Gasteiger partial charge is 0.264 e. The van der Waals surface area contributed by atoms with Crippen LogP contribution in [0.2, 0.25) is 0 Å². The van der Waals surface area contributed by atoms with E-state index in [1.807, 2.05) is 54.6 Å². The lowest BCUT2D eigenvalue weighted by Gasteiger charge is -2.11. The minimum Gasteiger partial charge on any atom is -0.385 e. The molecule has 0 radical (unpaired) electrons. The van der Waals surface area contributed by atoms with Crippen LogP contribution in [0.1, 0.15) is 0 Å². The number of aromatic nitrogens is 1. The second-order valence-electron chi connectivity index (χ2n) is 4.27. The first-order chi connectivity index (χ1) is 9.16. The number of hydrogen-bond donors (Lipinski definition) is 1. The van der Waals surface area contributed by atoms with Gasteiger partial charge in [0.1, 0.15) is 5.82 Å². The number of halogens is 1. The van der Waals surface area contributed by atoms with Crippen molar-refractivity contribution in [3.8, 4) is 5.69 Å². The van der Waals surface area contributed by atoms with Crippen molar-refractivity contribution < 1.29 is 0 Å². The highest BCUT2D eigenvalue weighted by Crippen LogP contribution is 2.19. The molecule has 0 atom stereocenters. The van der Waals surface area contributed by atoms with E-state index in [1.165, 1.54) is 4.57 Å². The molecule has 0 aliphatic heterocycles. The summed E-state index contributed by atoms with van der Waals surface area (Å²) >= 11 is 3.38. The Balaban J connectivity index is 2.35. The molecular weight excluding hydrogens is 304 g/mol. The van der Waals surface area contributed by atoms with Gasteiger partial charge < -0.3 is 5.73 Å². The van der Waals surface area contributed by atoms with Gasteiger partial charge in [0.05, 0.1) is 5.69 Å². The molecule has 0 unspecified atom stereocenters. The highest BCUT2D eigenvalue weighted by atomic mass is 79.9. The minimum absolute atomic E-state index is 0.0991. The third-order valence-corrected chi connectivity index (χ3v) is 3.57. The number of hydrogen-bond acceptors (Lipinski definition) is 2. The van der Waals surface area contributed by atoms with Crippen molar-refractivity contribution in [1.82, 2.24) is 4.57 Å². The zero-order valence-corrected chi connectivity index (χ0v) is 11.6. The van der Waals surface area contributed by atoms with Crippen LogP contribution in [0.4, 0.5) is 5.82 Å². The van der Waals surface area contributed by atoms with Crippen LogP contribution in [0, 0.1) is 0 Å². The Morgan fingerprint density at radius 1 is 1.00 bits per heavy atom. The molecule has 2 aromatic carbocycles. The molecule has 3 aromatic rings. The van der Waals surface area contributed by atoms with Gasteiger partial charge in [0.25, 0.3) is 5.56 Å². The topological polar surface area (TPSA) is 48.0 Å². The summed E-state index contributed by atoms with van der Waals surface area (Å²) < 4.78 is 2.48. The van der Waals surface area contributed by atoms with Crippen LogP contribution < -0.4 is 11.3 Å². The van der Waals surface area contributed by atoms with Crippen molar-refractivity contribution in [1.29, 1.82) is 0 Å². The molecule has 0 fully saturated rings. The molecule has 0 amide bonds. The SMILES string of the molecule is Nc1cc2ccccc2c(=O)n1-c1ccc(Br)cc1. The van der Waals surface area contributed by atoms with Crippen LogP contribution in [0.15, 0.2) is 63.9 Å². The van der Waals surface area contributed by atoms with E-state index in [9.17, 15) is 4.79 Å². The normalized spacial score (nSPS) is 10.8. The van der Waals surface area contributed by atoms with E-state index in [-0.39, 0.29) is 5.56 Å². The number of fused-ring (bicyclic) bond motifs is 1. The standard InChI is InChI=1S/C15H11BrN2O/c16-11-5-7-12(8-6-11)18-14(17)9-10-3-1-2-4-13(10)15(18)19/h1-9H,17H2. The number of pyridine rings is 1. The predicted octanol–water partition coefficient (Wildman–Crippen LogP) is 3.34. The highest BCUT2D eigenvalue weighted by molar-refractivity contribution is 9.10. The fraction of sp³-hybridized carbons (Fsp3) is 0. The van der Waals surface area contributed by atoms with Crippen LogP contribution in [0.25, 0.3) is 16.5 Å². The van der Waals surface area contributed by atoms with Gasteiger partial charge in [-0.05, 0) is 41.8 Å². The van der Waals surface area contributed by atoms with Gasteiger partial charge in [0, 0.05) is 9.86 Å². The van der Waals surface area contributed by atoms with E-state index >= 15 is 0 Å². The van der Waals surface area contributed by atoms with Gasteiger partial charge in [-0.3, -0.25) is 9.36 Å². The van der Waals surface area contributed by atoms with E-state index in [1.54, 1.807) is 0 Å². The fourth-order valence-corrected chi connectivity index (χ4v) is 2.40. The van der Waals surface area contributed by atoms with Gasteiger partial charge in [-0.2, -0.15) is 0 Å². The number of nitrogens with zero attached hydrogens (tertiary/aromatic N) is 1. The Bertz CT molecular complexity index is 806. The first-order valence-corrected chi connectivity index (χ1v) is 6.62. The highest BCUT2D eigenvalue weighted by Gasteiger charge is 2.08. The fourth-order valence-electron chi connectivity index (χ4n) is 2.14. The molecule has 4 heteroatoms. The Hall–Kier alpha value is -2.07. The summed E-state index contributed by atoms with van der Waals surface area (Å²) in [4.78, 5) is 12.5. The number of rotatable bonds is 1. The van der Waals surface area contributed by atoms with Crippen LogP contribution in [-0.4, -0.2) is 4.57 Å². The largest absolute Gasteiger partial charge is 0.385 e. The Labute approximate surface area is 118 Å². The quantitative estimate of drug-likeness (QED) is 0.749. The van der Waals surface area contributed by atoms with E-state index in [2.05, 4.69) is 15.9 Å². The van der Waals surface area contributed by atoms with Gasteiger partial charge in [0.2, 0.25) is 0 Å². The summed E-state index contributed by atoms with van der Waals surface area (Å²) in [6, 6.07) is 16.8. The van der Waals surface area contributed by atoms with Gasteiger partial charge in [-0.1, -0.05) is 34.1 Å². The second kappa shape index (κ2) is 4.55. The average Bonchev–Trinajstić information content (AvgIpc) is 2.41. The molecule has 0 bridgehead atoms.